The first-order valence-electron chi connectivity index (χ1n) is 6.67. The molecule has 1 heterocycles. The Morgan fingerprint density at radius 2 is 2.26 bits per heavy atom. The van der Waals surface area contributed by atoms with E-state index in [9.17, 15) is 0 Å². The molecule has 0 aliphatic carbocycles. The molecule has 0 amide bonds. The van der Waals surface area contributed by atoms with Crippen LogP contribution in [0.1, 0.15) is 23.4 Å². The van der Waals surface area contributed by atoms with E-state index in [0.29, 0.717) is 0 Å². The lowest BCUT2D eigenvalue weighted by molar-refractivity contribution is 0.483. The summed E-state index contributed by atoms with van der Waals surface area (Å²) in [5.74, 6) is 6.76. The average Bonchev–Trinajstić information content (AvgIpc) is 2.80. The summed E-state index contributed by atoms with van der Waals surface area (Å²) in [6.07, 6.45) is 6.67. The third-order valence-corrected chi connectivity index (χ3v) is 3.44. The van der Waals surface area contributed by atoms with Crippen LogP contribution in [-0.4, -0.2) is 15.6 Å². The zero-order valence-electron chi connectivity index (χ0n) is 11.6. The highest BCUT2D eigenvalue weighted by Gasteiger charge is 2.10. The van der Waals surface area contributed by atoms with Crippen molar-refractivity contribution in [3.8, 4) is 0 Å². The van der Waals surface area contributed by atoms with Crippen LogP contribution in [0.4, 0.5) is 0 Å². The van der Waals surface area contributed by atoms with Gasteiger partial charge in [-0.3, -0.25) is 11.3 Å². The Kier molecular flexibility index (Phi) is 4.71. The van der Waals surface area contributed by atoms with E-state index < -0.39 is 0 Å². The first-order chi connectivity index (χ1) is 9.19. The molecule has 1 aromatic heterocycles. The Morgan fingerprint density at radius 3 is 2.89 bits per heavy atom. The zero-order valence-corrected chi connectivity index (χ0v) is 11.6. The number of aryl methyl sites for hydroxylation is 3. The summed E-state index contributed by atoms with van der Waals surface area (Å²) in [7, 11) is 2.02. The van der Waals surface area contributed by atoms with Crippen LogP contribution < -0.4 is 11.3 Å². The lowest BCUT2D eigenvalue weighted by Gasteiger charge is -2.16. The van der Waals surface area contributed by atoms with Crippen LogP contribution >= 0.6 is 0 Å². The molecule has 19 heavy (non-hydrogen) atoms. The molecule has 0 bridgehead atoms. The van der Waals surface area contributed by atoms with Crippen molar-refractivity contribution in [1.29, 1.82) is 0 Å². The van der Waals surface area contributed by atoms with Crippen molar-refractivity contribution < 1.29 is 0 Å². The highest BCUT2D eigenvalue weighted by atomic mass is 15.2. The number of hydrogen-bond acceptors (Lipinski definition) is 3. The van der Waals surface area contributed by atoms with Crippen molar-refractivity contribution in [2.75, 3.05) is 0 Å². The van der Waals surface area contributed by atoms with Gasteiger partial charge in [0.15, 0.2) is 0 Å². The normalized spacial score (nSPS) is 12.6. The maximum Gasteiger partial charge on any atom is 0.108 e. The molecule has 4 heteroatoms. The first-order valence-corrected chi connectivity index (χ1v) is 6.67. The largest absolute Gasteiger partial charge is 0.338 e. The van der Waals surface area contributed by atoms with E-state index in [0.717, 1.165) is 25.1 Å². The van der Waals surface area contributed by atoms with Gasteiger partial charge in [-0.05, 0) is 25.3 Å². The minimum Gasteiger partial charge on any atom is -0.338 e. The van der Waals surface area contributed by atoms with Crippen LogP contribution in [0.3, 0.4) is 0 Å². The lowest BCUT2D eigenvalue weighted by atomic mass is 10.0. The summed E-state index contributed by atoms with van der Waals surface area (Å²) in [6.45, 7) is 2.11. The molecule has 0 aliphatic heterocycles. The van der Waals surface area contributed by atoms with Gasteiger partial charge in [0, 0.05) is 31.9 Å². The molecule has 0 aliphatic rings. The molecule has 0 spiro atoms. The van der Waals surface area contributed by atoms with Crippen LogP contribution in [0.2, 0.25) is 0 Å². The maximum atomic E-state index is 5.66. The van der Waals surface area contributed by atoms with Gasteiger partial charge in [-0.15, -0.1) is 0 Å². The van der Waals surface area contributed by atoms with Gasteiger partial charge >= 0.3 is 0 Å². The Labute approximate surface area is 114 Å². The first kappa shape index (κ1) is 13.8. The molecule has 102 valence electrons. The summed E-state index contributed by atoms with van der Waals surface area (Å²) in [5, 5.41) is 0. The topological polar surface area (TPSA) is 55.9 Å². The molecule has 1 atom stereocenters. The number of rotatable bonds is 6. The van der Waals surface area contributed by atoms with E-state index in [-0.39, 0.29) is 6.04 Å². The number of aromatic nitrogens is 2. The van der Waals surface area contributed by atoms with E-state index in [4.69, 9.17) is 5.84 Å². The molecule has 3 N–H and O–H groups in total. The Bertz CT molecular complexity index is 518. The van der Waals surface area contributed by atoms with Crippen molar-refractivity contribution in [1.82, 2.24) is 15.0 Å². The quantitative estimate of drug-likeness (QED) is 0.613. The van der Waals surface area contributed by atoms with Crippen LogP contribution in [0.15, 0.2) is 36.7 Å². The fraction of sp³-hybridized carbons (Fsp3) is 0.400. The Hall–Kier alpha value is -1.65. The number of nitrogens with two attached hydrogens (primary N) is 1. The second kappa shape index (κ2) is 6.50. The van der Waals surface area contributed by atoms with Gasteiger partial charge in [0.2, 0.25) is 0 Å². The summed E-state index contributed by atoms with van der Waals surface area (Å²) >= 11 is 0. The predicted octanol–water partition coefficient (Wildman–Crippen LogP) is 1.74. The second-order valence-corrected chi connectivity index (χ2v) is 5.05. The van der Waals surface area contributed by atoms with E-state index in [1.165, 1.54) is 11.1 Å². The molecule has 0 radical (unpaired) electrons. The minimum atomic E-state index is 0.276. The van der Waals surface area contributed by atoms with Gasteiger partial charge in [0.1, 0.15) is 5.82 Å². The van der Waals surface area contributed by atoms with Crippen LogP contribution in [0.5, 0.6) is 0 Å². The molecular formula is C15H22N4. The molecule has 0 saturated heterocycles. The summed E-state index contributed by atoms with van der Waals surface area (Å²) in [4.78, 5) is 4.34. The molecule has 1 aromatic carbocycles. The lowest BCUT2D eigenvalue weighted by Crippen LogP contribution is -2.37. The van der Waals surface area contributed by atoms with Crippen molar-refractivity contribution in [2.45, 2.75) is 32.2 Å². The standard InChI is InChI=1S/C15H22N4/c1-12-4-3-5-13(10-12)11-14(18-16)6-7-15-17-8-9-19(15)2/h3-5,8-10,14,18H,6-7,11,16H2,1-2H3. The third-order valence-electron chi connectivity index (χ3n) is 3.44. The second-order valence-electron chi connectivity index (χ2n) is 5.05. The van der Waals surface area contributed by atoms with Gasteiger partial charge in [-0.2, -0.15) is 0 Å². The summed E-state index contributed by atoms with van der Waals surface area (Å²) in [5.41, 5.74) is 5.53. The number of hydrazine groups is 1. The zero-order chi connectivity index (χ0) is 13.7. The smallest absolute Gasteiger partial charge is 0.108 e. The van der Waals surface area contributed by atoms with Crippen molar-refractivity contribution in [3.63, 3.8) is 0 Å². The molecule has 1 unspecified atom stereocenters. The molecule has 0 saturated carbocycles. The fourth-order valence-corrected chi connectivity index (χ4v) is 2.31. The molecule has 4 nitrogen and oxygen atoms in total. The number of nitrogens with one attached hydrogen (secondary N) is 1. The minimum absolute atomic E-state index is 0.276. The van der Waals surface area contributed by atoms with Crippen LogP contribution in [0, 0.1) is 6.92 Å². The van der Waals surface area contributed by atoms with Gasteiger partial charge < -0.3 is 4.57 Å². The van der Waals surface area contributed by atoms with E-state index in [1.807, 2.05) is 19.4 Å². The number of hydrogen-bond donors (Lipinski definition) is 2. The highest BCUT2D eigenvalue weighted by molar-refractivity contribution is 5.23. The number of benzene rings is 1. The Morgan fingerprint density at radius 1 is 1.42 bits per heavy atom. The number of imidazole rings is 1. The van der Waals surface area contributed by atoms with E-state index >= 15 is 0 Å². The third kappa shape index (κ3) is 3.91. The van der Waals surface area contributed by atoms with E-state index in [2.05, 4.69) is 46.2 Å². The number of nitrogens with zero attached hydrogens (tertiary/aromatic N) is 2. The summed E-state index contributed by atoms with van der Waals surface area (Å²) < 4.78 is 2.06. The predicted molar refractivity (Wildman–Crippen MR) is 77.5 cm³/mol. The van der Waals surface area contributed by atoms with Gasteiger partial charge in [-0.1, -0.05) is 29.8 Å². The average molecular weight is 258 g/mol. The van der Waals surface area contributed by atoms with Gasteiger partial charge in [0.25, 0.3) is 0 Å². The van der Waals surface area contributed by atoms with Gasteiger partial charge in [0.05, 0.1) is 0 Å². The molecular weight excluding hydrogens is 236 g/mol. The molecule has 2 aromatic rings. The maximum absolute atomic E-state index is 5.66. The molecule has 0 fully saturated rings. The van der Waals surface area contributed by atoms with Gasteiger partial charge in [-0.25, -0.2) is 4.98 Å². The SMILES string of the molecule is Cc1cccc(CC(CCc2nccn2C)NN)c1. The van der Waals surface area contributed by atoms with Crippen LogP contribution in [-0.2, 0) is 19.9 Å². The van der Waals surface area contributed by atoms with Crippen LogP contribution in [0.25, 0.3) is 0 Å². The van der Waals surface area contributed by atoms with E-state index in [1.54, 1.807) is 0 Å². The highest BCUT2D eigenvalue weighted by Crippen LogP contribution is 2.10. The van der Waals surface area contributed by atoms with Crippen molar-refractivity contribution >= 4 is 0 Å². The fourth-order valence-electron chi connectivity index (χ4n) is 2.31. The Balaban J connectivity index is 1.92. The summed E-state index contributed by atoms with van der Waals surface area (Å²) in [6, 6.07) is 8.85. The monoisotopic (exact) mass is 258 g/mol. The van der Waals surface area contributed by atoms with Crippen molar-refractivity contribution in [3.05, 3.63) is 53.6 Å². The molecule has 2 rings (SSSR count). The van der Waals surface area contributed by atoms with Crippen molar-refractivity contribution in [2.24, 2.45) is 12.9 Å².